The van der Waals surface area contributed by atoms with Crippen molar-refractivity contribution in [3.05, 3.63) is 29.3 Å². The average Bonchev–Trinajstić information content (AvgIpc) is 2.85. The van der Waals surface area contributed by atoms with E-state index in [0.717, 1.165) is 19.0 Å². The molecule has 0 bridgehead atoms. The fourth-order valence-electron chi connectivity index (χ4n) is 3.12. The van der Waals surface area contributed by atoms with Gasteiger partial charge in [0.1, 0.15) is 0 Å². The van der Waals surface area contributed by atoms with Crippen molar-refractivity contribution in [3.63, 3.8) is 0 Å². The molecule has 0 amide bonds. The highest BCUT2D eigenvalue weighted by Crippen LogP contribution is 2.29. The van der Waals surface area contributed by atoms with Crippen molar-refractivity contribution in [3.8, 4) is 0 Å². The highest BCUT2D eigenvalue weighted by atomic mass is 15.2. The van der Waals surface area contributed by atoms with Gasteiger partial charge in [-0.15, -0.1) is 0 Å². The molecule has 1 saturated heterocycles. The van der Waals surface area contributed by atoms with Crippen molar-refractivity contribution in [2.45, 2.75) is 46.6 Å². The van der Waals surface area contributed by atoms with Crippen LogP contribution in [0.1, 0.15) is 44.2 Å². The number of benzene rings is 1. The summed E-state index contributed by atoms with van der Waals surface area (Å²) in [5.74, 6) is 0.901. The zero-order chi connectivity index (χ0) is 13.7. The summed E-state index contributed by atoms with van der Waals surface area (Å²) in [7, 11) is 0. The smallest absolute Gasteiger partial charge is 0.0412 e. The van der Waals surface area contributed by atoms with Gasteiger partial charge in [0.2, 0.25) is 0 Å². The fourth-order valence-corrected chi connectivity index (χ4v) is 3.12. The monoisotopic (exact) mass is 260 g/mol. The van der Waals surface area contributed by atoms with E-state index in [9.17, 15) is 0 Å². The van der Waals surface area contributed by atoms with Crippen LogP contribution in [-0.2, 0) is 6.54 Å². The molecule has 2 rings (SSSR count). The summed E-state index contributed by atoms with van der Waals surface area (Å²) in [6.07, 6.45) is 4.06. The maximum atomic E-state index is 3.47. The highest BCUT2D eigenvalue weighted by Gasteiger charge is 2.23. The second-order valence-electron chi connectivity index (χ2n) is 5.80. The third-order valence-electron chi connectivity index (χ3n) is 4.12. The summed E-state index contributed by atoms with van der Waals surface area (Å²) in [6, 6.07) is 6.90. The van der Waals surface area contributed by atoms with Crippen LogP contribution < -0.4 is 10.2 Å². The third kappa shape index (κ3) is 3.73. The van der Waals surface area contributed by atoms with Gasteiger partial charge in [-0.25, -0.2) is 0 Å². The highest BCUT2D eigenvalue weighted by molar-refractivity contribution is 5.55. The van der Waals surface area contributed by atoms with Crippen LogP contribution in [0.4, 0.5) is 5.69 Å². The summed E-state index contributed by atoms with van der Waals surface area (Å²) in [5, 5.41) is 3.47. The van der Waals surface area contributed by atoms with E-state index in [1.54, 1.807) is 0 Å². The third-order valence-corrected chi connectivity index (χ3v) is 4.12. The normalized spacial score (nSPS) is 19.1. The van der Waals surface area contributed by atoms with Gasteiger partial charge < -0.3 is 10.2 Å². The number of anilines is 1. The Morgan fingerprint density at radius 1 is 1.32 bits per heavy atom. The van der Waals surface area contributed by atoms with E-state index in [0.29, 0.717) is 0 Å². The van der Waals surface area contributed by atoms with Crippen molar-refractivity contribution >= 4 is 5.69 Å². The Hall–Kier alpha value is -1.02. The number of hydrogen-bond acceptors (Lipinski definition) is 2. The van der Waals surface area contributed by atoms with Crippen LogP contribution in [0.25, 0.3) is 0 Å². The molecule has 1 aliphatic heterocycles. The molecule has 106 valence electrons. The van der Waals surface area contributed by atoms with Crippen LogP contribution >= 0.6 is 0 Å². The van der Waals surface area contributed by atoms with Crippen molar-refractivity contribution in [2.24, 2.45) is 5.92 Å². The first kappa shape index (κ1) is 14.4. The van der Waals surface area contributed by atoms with Gasteiger partial charge in [0.25, 0.3) is 0 Å². The van der Waals surface area contributed by atoms with E-state index >= 15 is 0 Å². The first-order chi connectivity index (χ1) is 9.24. The van der Waals surface area contributed by atoms with E-state index in [1.165, 1.54) is 49.2 Å². The van der Waals surface area contributed by atoms with Crippen LogP contribution in [0.2, 0.25) is 0 Å². The van der Waals surface area contributed by atoms with Crippen LogP contribution in [0, 0.1) is 12.8 Å². The minimum absolute atomic E-state index is 0.901. The number of hydrogen-bond donors (Lipinski definition) is 1. The van der Waals surface area contributed by atoms with E-state index in [2.05, 4.69) is 49.2 Å². The molecule has 1 aromatic rings. The van der Waals surface area contributed by atoms with Gasteiger partial charge in [-0.2, -0.15) is 0 Å². The first-order valence-electron chi connectivity index (χ1n) is 7.79. The second kappa shape index (κ2) is 6.95. The Labute approximate surface area is 118 Å². The SMILES string of the molecule is CCCC1CCN(c2ccc(C)cc2CNCC)C1. The zero-order valence-electron chi connectivity index (χ0n) is 12.7. The van der Waals surface area contributed by atoms with Gasteiger partial charge in [-0.1, -0.05) is 38.0 Å². The number of nitrogens with zero attached hydrogens (tertiary/aromatic N) is 1. The Morgan fingerprint density at radius 3 is 2.89 bits per heavy atom. The molecule has 2 nitrogen and oxygen atoms in total. The molecule has 0 saturated carbocycles. The second-order valence-corrected chi connectivity index (χ2v) is 5.80. The molecule has 19 heavy (non-hydrogen) atoms. The lowest BCUT2D eigenvalue weighted by Gasteiger charge is -2.23. The predicted octanol–water partition coefficient (Wildman–Crippen LogP) is 3.73. The van der Waals surface area contributed by atoms with Crippen molar-refractivity contribution in [1.82, 2.24) is 5.32 Å². The molecule has 0 aromatic heterocycles. The molecular weight excluding hydrogens is 232 g/mol. The summed E-state index contributed by atoms with van der Waals surface area (Å²) in [6.45, 7) is 11.1. The quantitative estimate of drug-likeness (QED) is 0.838. The molecular formula is C17H28N2. The van der Waals surface area contributed by atoms with Crippen LogP contribution in [-0.4, -0.2) is 19.6 Å². The molecule has 0 spiro atoms. The van der Waals surface area contributed by atoms with Crippen LogP contribution in [0.3, 0.4) is 0 Å². The largest absolute Gasteiger partial charge is 0.371 e. The average molecular weight is 260 g/mol. The lowest BCUT2D eigenvalue weighted by molar-refractivity contribution is 0.529. The Kier molecular flexibility index (Phi) is 5.26. The minimum atomic E-state index is 0.901. The van der Waals surface area contributed by atoms with Gasteiger partial charge in [0.05, 0.1) is 0 Å². The molecule has 1 aromatic carbocycles. The Bertz CT molecular complexity index is 400. The lowest BCUT2D eigenvalue weighted by Crippen LogP contribution is -2.23. The van der Waals surface area contributed by atoms with Crippen molar-refractivity contribution in [2.75, 3.05) is 24.5 Å². The van der Waals surface area contributed by atoms with Gasteiger partial charge >= 0.3 is 0 Å². The Morgan fingerprint density at radius 2 is 2.16 bits per heavy atom. The molecule has 0 aliphatic carbocycles. The summed E-state index contributed by atoms with van der Waals surface area (Å²) in [4.78, 5) is 2.59. The van der Waals surface area contributed by atoms with Gasteiger partial charge in [-0.05, 0) is 43.9 Å². The summed E-state index contributed by atoms with van der Waals surface area (Å²) in [5.41, 5.74) is 4.27. The standard InChI is InChI=1S/C17H28N2/c1-4-6-15-9-10-19(13-15)17-8-7-14(3)11-16(17)12-18-5-2/h7-8,11,15,18H,4-6,9-10,12-13H2,1-3H3. The van der Waals surface area contributed by atoms with Crippen molar-refractivity contribution < 1.29 is 0 Å². The van der Waals surface area contributed by atoms with E-state index in [1.807, 2.05) is 0 Å². The molecule has 1 unspecified atom stereocenters. The van der Waals surface area contributed by atoms with Crippen LogP contribution in [0.5, 0.6) is 0 Å². The fraction of sp³-hybridized carbons (Fsp3) is 0.647. The summed E-state index contributed by atoms with van der Waals surface area (Å²) < 4.78 is 0. The van der Waals surface area contributed by atoms with E-state index in [-0.39, 0.29) is 0 Å². The first-order valence-corrected chi connectivity index (χ1v) is 7.79. The molecule has 0 radical (unpaired) electrons. The number of aryl methyl sites for hydroxylation is 1. The van der Waals surface area contributed by atoms with Crippen LogP contribution in [0.15, 0.2) is 18.2 Å². The lowest BCUT2D eigenvalue weighted by atomic mass is 10.0. The van der Waals surface area contributed by atoms with Gasteiger partial charge in [-0.3, -0.25) is 0 Å². The predicted molar refractivity (Wildman–Crippen MR) is 83.8 cm³/mol. The summed E-state index contributed by atoms with van der Waals surface area (Å²) >= 11 is 0. The van der Waals surface area contributed by atoms with E-state index < -0.39 is 0 Å². The molecule has 1 fully saturated rings. The zero-order valence-corrected chi connectivity index (χ0v) is 12.7. The molecule has 1 heterocycles. The van der Waals surface area contributed by atoms with Gasteiger partial charge in [0, 0.05) is 25.3 Å². The number of nitrogens with one attached hydrogen (secondary N) is 1. The molecule has 2 heteroatoms. The minimum Gasteiger partial charge on any atom is -0.371 e. The maximum Gasteiger partial charge on any atom is 0.0412 e. The van der Waals surface area contributed by atoms with Crippen molar-refractivity contribution in [1.29, 1.82) is 0 Å². The van der Waals surface area contributed by atoms with Gasteiger partial charge in [0.15, 0.2) is 0 Å². The molecule has 1 aliphatic rings. The number of rotatable bonds is 6. The molecule has 1 N–H and O–H groups in total. The maximum absolute atomic E-state index is 3.47. The van der Waals surface area contributed by atoms with E-state index in [4.69, 9.17) is 0 Å². The Balaban J connectivity index is 2.10. The molecule has 1 atom stereocenters. The topological polar surface area (TPSA) is 15.3 Å².